The van der Waals surface area contributed by atoms with Crippen molar-refractivity contribution in [3.8, 4) is 0 Å². The lowest BCUT2D eigenvalue weighted by Gasteiger charge is -2.33. The highest BCUT2D eigenvalue weighted by molar-refractivity contribution is 6.31. The molecule has 2 fully saturated rings. The van der Waals surface area contributed by atoms with E-state index in [1.165, 1.54) is 6.07 Å². The van der Waals surface area contributed by atoms with Crippen molar-refractivity contribution in [3.05, 3.63) is 64.4 Å². The van der Waals surface area contributed by atoms with Crippen LogP contribution in [0.4, 0.5) is 10.1 Å². The minimum Gasteiger partial charge on any atom is -0.323 e. The zero-order valence-corrected chi connectivity index (χ0v) is 17.1. The lowest BCUT2D eigenvalue weighted by Crippen LogP contribution is -2.47. The number of benzene rings is 2. The molecule has 1 heterocycles. The number of hydrogen-bond donors (Lipinski definition) is 1. The topological polar surface area (TPSA) is 49.4 Å². The van der Waals surface area contributed by atoms with Crippen LogP contribution in [0.2, 0.25) is 5.02 Å². The summed E-state index contributed by atoms with van der Waals surface area (Å²) in [4.78, 5) is 28.2. The summed E-state index contributed by atoms with van der Waals surface area (Å²) in [6, 6.07) is 10.9. The summed E-state index contributed by atoms with van der Waals surface area (Å²) in [7, 11) is 0. The molecule has 0 radical (unpaired) electrons. The summed E-state index contributed by atoms with van der Waals surface area (Å²) in [5, 5.41) is 3.19. The molecule has 3 unspecified atom stereocenters. The standard InChI is InChI=1S/C23H24ClFN2O2/c1-14-9-10-19(18(25)11-14)26-22(28)21-13-15-5-2-3-8-20(15)27(21)23(29)16-6-4-7-17(24)12-16/h4,6-7,9-12,15,20-21H,2-3,5,8,13H2,1H3,(H,26,28). The first-order valence-electron chi connectivity index (χ1n) is 10.1. The molecule has 1 N–H and O–H groups in total. The van der Waals surface area contributed by atoms with E-state index in [4.69, 9.17) is 11.6 Å². The van der Waals surface area contributed by atoms with Crippen molar-refractivity contribution < 1.29 is 14.0 Å². The molecule has 4 nitrogen and oxygen atoms in total. The normalized spacial score (nSPS) is 23.6. The molecule has 6 heteroatoms. The van der Waals surface area contributed by atoms with Crippen molar-refractivity contribution in [1.82, 2.24) is 4.90 Å². The van der Waals surface area contributed by atoms with Crippen molar-refractivity contribution in [3.63, 3.8) is 0 Å². The number of carbonyl (C=O) groups is 2. The van der Waals surface area contributed by atoms with Crippen LogP contribution < -0.4 is 5.32 Å². The van der Waals surface area contributed by atoms with Crippen LogP contribution in [0.5, 0.6) is 0 Å². The van der Waals surface area contributed by atoms with Crippen molar-refractivity contribution in [2.75, 3.05) is 5.32 Å². The number of aryl methyl sites for hydroxylation is 1. The summed E-state index contributed by atoms with van der Waals surface area (Å²) >= 11 is 6.08. The molecule has 1 aliphatic carbocycles. The van der Waals surface area contributed by atoms with E-state index >= 15 is 0 Å². The summed E-state index contributed by atoms with van der Waals surface area (Å²) in [6.07, 6.45) is 4.66. The summed E-state index contributed by atoms with van der Waals surface area (Å²) < 4.78 is 14.2. The van der Waals surface area contributed by atoms with Crippen molar-refractivity contribution in [2.24, 2.45) is 5.92 Å². The Morgan fingerprint density at radius 3 is 2.69 bits per heavy atom. The van der Waals surface area contributed by atoms with Crippen molar-refractivity contribution in [1.29, 1.82) is 0 Å². The molecule has 2 aliphatic rings. The van der Waals surface area contributed by atoms with Gasteiger partial charge in [-0.2, -0.15) is 0 Å². The first-order valence-corrected chi connectivity index (χ1v) is 10.5. The van der Waals surface area contributed by atoms with E-state index in [1.54, 1.807) is 48.2 Å². The highest BCUT2D eigenvalue weighted by Gasteiger charge is 2.47. The van der Waals surface area contributed by atoms with Crippen LogP contribution >= 0.6 is 11.6 Å². The average Bonchev–Trinajstić information content (AvgIpc) is 3.09. The van der Waals surface area contributed by atoms with Gasteiger partial charge in [-0.3, -0.25) is 9.59 Å². The van der Waals surface area contributed by atoms with Crippen LogP contribution in [-0.2, 0) is 4.79 Å². The van der Waals surface area contributed by atoms with Crippen LogP contribution in [0.25, 0.3) is 0 Å². The third-order valence-electron chi connectivity index (χ3n) is 6.08. The summed E-state index contributed by atoms with van der Waals surface area (Å²) in [5.41, 5.74) is 1.40. The molecule has 0 bridgehead atoms. The Labute approximate surface area is 175 Å². The van der Waals surface area contributed by atoms with Gasteiger partial charge < -0.3 is 10.2 Å². The van der Waals surface area contributed by atoms with Gasteiger partial charge in [0.1, 0.15) is 11.9 Å². The molecule has 29 heavy (non-hydrogen) atoms. The van der Waals surface area contributed by atoms with E-state index in [2.05, 4.69) is 5.32 Å². The Hall–Kier alpha value is -2.40. The number of fused-ring (bicyclic) bond motifs is 1. The maximum Gasteiger partial charge on any atom is 0.254 e. The third-order valence-corrected chi connectivity index (χ3v) is 6.31. The lowest BCUT2D eigenvalue weighted by molar-refractivity contribution is -0.120. The number of hydrogen-bond acceptors (Lipinski definition) is 2. The average molecular weight is 415 g/mol. The van der Waals surface area contributed by atoms with Crippen LogP contribution in [0.1, 0.15) is 48.0 Å². The van der Waals surface area contributed by atoms with Crippen LogP contribution in [-0.4, -0.2) is 28.8 Å². The predicted octanol–water partition coefficient (Wildman–Crippen LogP) is 5.20. The molecule has 3 atom stereocenters. The fourth-order valence-electron chi connectivity index (χ4n) is 4.69. The summed E-state index contributed by atoms with van der Waals surface area (Å²) in [6.45, 7) is 1.79. The highest BCUT2D eigenvalue weighted by Crippen LogP contribution is 2.41. The number of anilines is 1. The predicted molar refractivity (Wildman–Crippen MR) is 112 cm³/mol. The van der Waals surface area contributed by atoms with Gasteiger partial charge >= 0.3 is 0 Å². The Morgan fingerprint density at radius 1 is 1.14 bits per heavy atom. The number of carbonyl (C=O) groups excluding carboxylic acids is 2. The molecule has 1 saturated carbocycles. The largest absolute Gasteiger partial charge is 0.323 e. The van der Waals surface area contributed by atoms with Gasteiger partial charge in [0.25, 0.3) is 5.91 Å². The first-order chi connectivity index (χ1) is 13.9. The van der Waals surface area contributed by atoms with E-state index in [0.717, 1.165) is 31.2 Å². The van der Waals surface area contributed by atoms with Gasteiger partial charge in [-0.1, -0.05) is 36.6 Å². The maximum absolute atomic E-state index is 14.2. The van der Waals surface area contributed by atoms with Gasteiger partial charge in [-0.15, -0.1) is 0 Å². The molecule has 152 valence electrons. The molecule has 2 aromatic rings. The first kappa shape index (κ1) is 19.9. The Bertz CT molecular complexity index is 948. The number of nitrogens with one attached hydrogen (secondary N) is 1. The zero-order valence-electron chi connectivity index (χ0n) is 16.3. The second-order valence-corrected chi connectivity index (χ2v) is 8.50. The fraction of sp³-hybridized carbons (Fsp3) is 0.391. The molecule has 0 spiro atoms. The van der Waals surface area contributed by atoms with Crippen molar-refractivity contribution in [2.45, 2.75) is 51.1 Å². The molecule has 1 aliphatic heterocycles. The second-order valence-electron chi connectivity index (χ2n) is 8.06. The van der Waals surface area contributed by atoms with Gasteiger partial charge in [-0.25, -0.2) is 4.39 Å². The van der Waals surface area contributed by atoms with Crippen LogP contribution in [0.15, 0.2) is 42.5 Å². The second kappa shape index (κ2) is 8.15. The minimum absolute atomic E-state index is 0.0360. The van der Waals surface area contributed by atoms with E-state index in [1.807, 2.05) is 0 Å². The maximum atomic E-state index is 14.2. The van der Waals surface area contributed by atoms with E-state index in [9.17, 15) is 14.0 Å². The van der Waals surface area contributed by atoms with E-state index < -0.39 is 11.9 Å². The monoisotopic (exact) mass is 414 g/mol. The molecule has 2 aromatic carbocycles. The number of halogens is 2. The Balaban J connectivity index is 1.62. The molecular formula is C23H24ClFN2O2. The number of amides is 2. The fourth-order valence-corrected chi connectivity index (χ4v) is 4.88. The lowest BCUT2D eigenvalue weighted by atomic mass is 9.84. The van der Waals surface area contributed by atoms with Crippen LogP contribution in [0.3, 0.4) is 0 Å². The smallest absolute Gasteiger partial charge is 0.254 e. The quantitative estimate of drug-likeness (QED) is 0.750. The molecule has 1 saturated heterocycles. The molecule has 2 amide bonds. The highest BCUT2D eigenvalue weighted by atomic mass is 35.5. The molecule has 4 rings (SSSR count). The number of likely N-dealkylation sites (tertiary alicyclic amines) is 1. The number of rotatable bonds is 3. The third kappa shape index (κ3) is 4.01. The van der Waals surface area contributed by atoms with Crippen LogP contribution in [0, 0.1) is 18.7 Å². The van der Waals surface area contributed by atoms with Gasteiger partial charge in [0.05, 0.1) is 5.69 Å². The SMILES string of the molecule is Cc1ccc(NC(=O)C2CC3CCCCC3N2C(=O)c2cccc(Cl)c2)c(F)c1. The summed E-state index contributed by atoms with van der Waals surface area (Å²) in [5.74, 6) is -0.698. The van der Waals surface area contributed by atoms with Gasteiger partial charge in [-0.05, 0) is 68.0 Å². The zero-order chi connectivity index (χ0) is 20.5. The Morgan fingerprint density at radius 2 is 1.93 bits per heavy atom. The molecule has 0 aromatic heterocycles. The number of nitrogens with zero attached hydrogens (tertiary/aromatic N) is 1. The van der Waals surface area contributed by atoms with Crippen molar-refractivity contribution >= 4 is 29.1 Å². The van der Waals surface area contributed by atoms with Gasteiger partial charge in [0.2, 0.25) is 5.91 Å². The van der Waals surface area contributed by atoms with E-state index in [-0.39, 0.29) is 23.5 Å². The minimum atomic E-state index is -0.615. The Kier molecular flexibility index (Phi) is 5.59. The van der Waals surface area contributed by atoms with Gasteiger partial charge in [0, 0.05) is 16.6 Å². The van der Waals surface area contributed by atoms with Gasteiger partial charge in [0.15, 0.2) is 0 Å². The van der Waals surface area contributed by atoms with E-state index in [0.29, 0.717) is 22.9 Å². The molecular weight excluding hydrogens is 391 g/mol.